The Morgan fingerprint density at radius 1 is 1.09 bits per heavy atom. The van der Waals surface area contributed by atoms with Crippen LogP contribution in [-0.4, -0.2) is 51.9 Å². The van der Waals surface area contributed by atoms with Crippen molar-refractivity contribution in [1.29, 1.82) is 0 Å². The van der Waals surface area contributed by atoms with Crippen LogP contribution < -0.4 is 10.6 Å². The number of aromatic nitrogens is 1. The zero-order valence-electron chi connectivity index (χ0n) is 18.3. The molecule has 1 aliphatic rings. The number of carboxylic acid groups (broad SMARTS) is 1. The van der Waals surface area contributed by atoms with Crippen molar-refractivity contribution in [3.05, 3.63) is 75.7 Å². The highest BCUT2D eigenvalue weighted by Gasteiger charge is 2.35. The molecular weight excluding hydrogens is 458 g/mol. The van der Waals surface area contributed by atoms with Gasteiger partial charge in [0.15, 0.2) is 5.54 Å². The van der Waals surface area contributed by atoms with Crippen molar-refractivity contribution < 1.29 is 29.3 Å². The summed E-state index contributed by atoms with van der Waals surface area (Å²) >= 11 is 1.13. The summed E-state index contributed by atoms with van der Waals surface area (Å²) in [6.45, 7) is 0.652. The van der Waals surface area contributed by atoms with E-state index in [-0.39, 0.29) is 24.8 Å². The van der Waals surface area contributed by atoms with Gasteiger partial charge >= 0.3 is 12.1 Å². The first kappa shape index (κ1) is 23.4. The van der Waals surface area contributed by atoms with Gasteiger partial charge in [-0.05, 0) is 29.2 Å². The van der Waals surface area contributed by atoms with Gasteiger partial charge in [0.2, 0.25) is 0 Å². The summed E-state index contributed by atoms with van der Waals surface area (Å²) in [5.41, 5.74) is 2.68. The van der Waals surface area contributed by atoms with Crippen molar-refractivity contribution in [3.63, 3.8) is 0 Å². The number of benzene rings is 2. The fourth-order valence-electron chi connectivity index (χ4n) is 3.77. The van der Waals surface area contributed by atoms with Gasteiger partial charge in [0, 0.05) is 11.3 Å². The molecule has 0 aliphatic heterocycles. The summed E-state index contributed by atoms with van der Waals surface area (Å²) in [6, 6.07) is 16.1. The molecule has 1 atom stereocenters. The molecule has 4 N–H and O–H groups in total. The highest BCUT2D eigenvalue weighted by molar-refractivity contribution is 7.09. The molecule has 0 radical (unpaired) electrons. The van der Waals surface area contributed by atoms with E-state index in [1.807, 2.05) is 36.4 Å². The molecule has 2 amide bonds. The molecule has 1 aromatic heterocycles. The second-order valence-electron chi connectivity index (χ2n) is 8.06. The van der Waals surface area contributed by atoms with Gasteiger partial charge < -0.3 is 25.6 Å². The number of aliphatic hydroxyl groups excluding tert-OH is 1. The van der Waals surface area contributed by atoms with Gasteiger partial charge in [-0.3, -0.25) is 4.79 Å². The molecule has 1 heterocycles. The monoisotopic (exact) mass is 481 g/mol. The molecule has 1 unspecified atom stereocenters. The Hall–Kier alpha value is -3.76. The first-order valence-electron chi connectivity index (χ1n) is 10.5. The molecule has 0 saturated heterocycles. The average molecular weight is 482 g/mol. The van der Waals surface area contributed by atoms with E-state index in [1.165, 1.54) is 12.3 Å². The largest absolute Gasteiger partial charge is 0.479 e. The Kier molecular flexibility index (Phi) is 6.62. The third-order valence-corrected chi connectivity index (χ3v) is 6.54. The van der Waals surface area contributed by atoms with Crippen molar-refractivity contribution in [2.75, 3.05) is 13.2 Å². The quantitative estimate of drug-likeness (QED) is 0.388. The maximum Gasteiger partial charge on any atom is 0.407 e. The number of carbonyl (C=O) groups excluding carboxylic acids is 2. The van der Waals surface area contributed by atoms with Crippen LogP contribution in [0.3, 0.4) is 0 Å². The molecule has 0 saturated carbocycles. The normalized spacial score (nSPS) is 13.9. The number of fused-ring (bicyclic) bond motifs is 3. The van der Waals surface area contributed by atoms with E-state index < -0.39 is 30.1 Å². The Morgan fingerprint density at radius 3 is 2.29 bits per heavy atom. The van der Waals surface area contributed by atoms with Crippen LogP contribution in [0.5, 0.6) is 0 Å². The fraction of sp³-hybridized carbons (Fsp3) is 0.250. The van der Waals surface area contributed by atoms with Gasteiger partial charge in [-0.2, -0.15) is 0 Å². The Bertz CT molecular complexity index is 1200. The Balaban J connectivity index is 1.32. The minimum atomic E-state index is -1.82. The zero-order valence-corrected chi connectivity index (χ0v) is 19.1. The minimum absolute atomic E-state index is 0.00439. The number of aliphatic hydroxyl groups is 1. The SMILES string of the molecule is CC(CO)(NC(=O)c1csc(CNC(=O)OCC2c3ccccc3-c3ccccc32)n1)C(=O)O. The zero-order chi connectivity index (χ0) is 24.3. The molecule has 9 nitrogen and oxygen atoms in total. The molecule has 1 aliphatic carbocycles. The predicted molar refractivity (Wildman–Crippen MR) is 125 cm³/mol. The lowest BCUT2D eigenvalue weighted by atomic mass is 9.98. The second kappa shape index (κ2) is 9.62. The van der Waals surface area contributed by atoms with Crippen molar-refractivity contribution >= 4 is 29.3 Å². The van der Waals surface area contributed by atoms with Gasteiger partial charge in [-0.25, -0.2) is 14.6 Å². The summed E-state index contributed by atoms with van der Waals surface area (Å²) < 4.78 is 5.48. The average Bonchev–Trinajstić information content (AvgIpc) is 3.44. The minimum Gasteiger partial charge on any atom is -0.479 e. The first-order chi connectivity index (χ1) is 16.3. The number of aliphatic carboxylic acids is 1. The second-order valence-corrected chi connectivity index (χ2v) is 9.00. The maximum atomic E-state index is 12.3. The third-order valence-electron chi connectivity index (χ3n) is 5.69. The summed E-state index contributed by atoms with van der Waals surface area (Å²) in [6.07, 6.45) is -0.609. The number of alkyl carbamates (subject to hydrolysis) is 1. The molecule has 10 heteroatoms. The number of nitrogens with zero attached hydrogens (tertiary/aromatic N) is 1. The predicted octanol–water partition coefficient (Wildman–Crippen LogP) is 2.75. The standard InChI is InChI=1S/C24H23N3O6S/c1-24(13-28,22(30)31)27-21(29)19-12-34-20(26-19)10-25-23(32)33-11-18-16-8-4-2-6-14(16)15-7-3-5-9-17(15)18/h2-9,12,18,28H,10-11,13H2,1H3,(H,25,32)(H,27,29)(H,30,31). The van der Waals surface area contributed by atoms with Gasteiger partial charge in [0.1, 0.15) is 17.3 Å². The van der Waals surface area contributed by atoms with E-state index in [9.17, 15) is 19.5 Å². The van der Waals surface area contributed by atoms with Crippen LogP contribution >= 0.6 is 11.3 Å². The number of thiazole rings is 1. The lowest BCUT2D eigenvalue weighted by Crippen LogP contribution is -2.55. The number of hydrogen-bond acceptors (Lipinski definition) is 7. The molecule has 176 valence electrons. The van der Waals surface area contributed by atoms with Crippen molar-refractivity contribution in [2.24, 2.45) is 0 Å². The molecule has 2 aromatic carbocycles. The summed E-state index contributed by atoms with van der Waals surface area (Å²) in [5, 5.41) is 25.2. The molecule has 34 heavy (non-hydrogen) atoms. The number of amides is 2. The molecule has 0 bridgehead atoms. The van der Waals surface area contributed by atoms with Gasteiger partial charge in [0.25, 0.3) is 5.91 Å². The maximum absolute atomic E-state index is 12.3. The fourth-order valence-corrected chi connectivity index (χ4v) is 4.48. The van der Waals surface area contributed by atoms with Crippen LogP contribution in [0.25, 0.3) is 11.1 Å². The highest BCUT2D eigenvalue weighted by Crippen LogP contribution is 2.44. The molecule has 3 aromatic rings. The van der Waals surface area contributed by atoms with Crippen LogP contribution in [0, 0.1) is 0 Å². The van der Waals surface area contributed by atoms with Crippen LogP contribution in [0.1, 0.15) is 39.5 Å². The van der Waals surface area contributed by atoms with E-state index in [4.69, 9.17) is 9.84 Å². The topological polar surface area (TPSA) is 138 Å². The van der Waals surface area contributed by atoms with Gasteiger partial charge in [-0.1, -0.05) is 48.5 Å². The van der Waals surface area contributed by atoms with Gasteiger partial charge in [-0.15, -0.1) is 11.3 Å². The smallest absolute Gasteiger partial charge is 0.407 e. The van der Waals surface area contributed by atoms with Crippen LogP contribution in [0.2, 0.25) is 0 Å². The van der Waals surface area contributed by atoms with Crippen LogP contribution in [0.15, 0.2) is 53.9 Å². The number of ether oxygens (including phenoxy) is 1. The van der Waals surface area contributed by atoms with E-state index in [0.717, 1.165) is 33.6 Å². The van der Waals surface area contributed by atoms with Crippen molar-refractivity contribution in [2.45, 2.75) is 24.9 Å². The Morgan fingerprint density at radius 2 is 1.71 bits per heavy atom. The highest BCUT2D eigenvalue weighted by atomic mass is 32.1. The van der Waals surface area contributed by atoms with E-state index in [0.29, 0.717) is 5.01 Å². The van der Waals surface area contributed by atoms with Crippen LogP contribution in [-0.2, 0) is 16.1 Å². The van der Waals surface area contributed by atoms with E-state index in [2.05, 4.69) is 27.8 Å². The molecule has 0 spiro atoms. The lowest BCUT2D eigenvalue weighted by Gasteiger charge is -2.22. The van der Waals surface area contributed by atoms with E-state index >= 15 is 0 Å². The summed E-state index contributed by atoms with van der Waals surface area (Å²) in [4.78, 5) is 39.9. The lowest BCUT2D eigenvalue weighted by molar-refractivity contribution is -0.145. The first-order valence-corrected chi connectivity index (χ1v) is 11.4. The van der Waals surface area contributed by atoms with Crippen molar-refractivity contribution in [1.82, 2.24) is 15.6 Å². The molecule has 0 fully saturated rings. The summed E-state index contributed by atoms with van der Waals surface area (Å²) in [5.74, 6) is -2.15. The third kappa shape index (κ3) is 4.63. The Labute approximate surface area is 199 Å². The van der Waals surface area contributed by atoms with Crippen molar-refractivity contribution in [3.8, 4) is 11.1 Å². The molecule has 4 rings (SSSR count). The van der Waals surface area contributed by atoms with Gasteiger partial charge in [0.05, 0.1) is 13.2 Å². The number of carboxylic acids is 1. The van der Waals surface area contributed by atoms with E-state index in [1.54, 1.807) is 0 Å². The number of hydrogen-bond donors (Lipinski definition) is 4. The van der Waals surface area contributed by atoms with Crippen LogP contribution in [0.4, 0.5) is 4.79 Å². The summed E-state index contributed by atoms with van der Waals surface area (Å²) in [7, 11) is 0. The number of rotatable bonds is 8. The molecular formula is C24H23N3O6S. The number of nitrogens with one attached hydrogen (secondary N) is 2. The number of carbonyl (C=O) groups is 3.